The maximum absolute atomic E-state index is 13.8. The number of hydrogen-bond donors (Lipinski definition) is 1. The van der Waals surface area contributed by atoms with Crippen molar-refractivity contribution < 1.29 is 18.6 Å². The van der Waals surface area contributed by atoms with E-state index in [0.29, 0.717) is 11.3 Å². The smallest absolute Gasteiger partial charge is 0.132 e. The van der Waals surface area contributed by atoms with Crippen molar-refractivity contribution in [3.05, 3.63) is 65.2 Å². The maximum Gasteiger partial charge on any atom is 0.132 e. The second kappa shape index (κ2) is 5.80. The lowest BCUT2D eigenvalue weighted by molar-refractivity contribution is 0.172. The van der Waals surface area contributed by atoms with Gasteiger partial charge in [0.2, 0.25) is 0 Å². The molecule has 2 aromatic rings. The highest BCUT2D eigenvalue weighted by Crippen LogP contribution is 2.25. The van der Waals surface area contributed by atoms with Crippen molar-refractivity contribution >= 4 is 0 Å². The normalized spacial score (nSPS) is 12.2. The van der Waals surface area contributed by atoms with Crippen molar-refractivity contribution in [1.82, 2.24) is 0 Å². The zero-order valence-electron chi connectivity index (χ0n) is 10.4. The first-order chi connectivity index (χ1) is 9.11. The van der Waals surface area contributed by atoms with Crippen LogP contribution in [0, 0.1) is 11.6 Å². The van der Waals surface area contributed by atoms with Gasteiger partial charge in [0.15, 0.2) is 0 Å². The summed E-state index contributed by atoms with van der Waals surface area (Å²) in [7, 11) is 1.43. The Morgan fingerprint density at radius 2 is 1.84 bits per heavy atom. The summed E-state index contributed by atoms with van der Waals surface area (Å²) in [5.74, 6) is -0.599. The average molecular weight is 264 g/mol. The molecule has 0 aliphatic carbocycles. The molecule has 0 fully saturated rings. The Labute approximate surface area is 110 Å². The van der Waals surface area contributed by atoms with Gasteiger partial charge in [-0.2, -0.15) is 0 Å². The number of methoxy groups -OCH3 is 1. The number of aliphatic hydroxyl groups excluding tert-OH is 1. The minimum atomic E-state index is -1.09. The fourth-order valence-corrected chi connectivity index (χ4v) is 1.89. The van der Waals surface area contributed by atoms with Crippen LogP contribution in [0.4, 0.5) is 8.78 Å². The Balaban J connectivity index is 2.21. The Morgan fingerprint density at radius 3 is 2.47 bits per heavy atom. The minimum absolute atomic E-state index is 0.0237. The quantitative estimate of drug-likeness (QED) is 0.918. The molecule has 2 rings (SSSR count). The van der Waals surface area contributed by atoms with Crippen LogP contribution >= 0.6 is 0 Å². The second-order valence-electron chi connectivity index (χ2n) is 4.20. The van der Waals surface area contributed by atoms with Crippen LogP contribution in [0.2, 0.25) is 0 Å². The summed E-state index contributed by atoms with van der Waals surface area (Å²) in [5.41, 5.74) is 0.481. The molecule has 0 aliphatic rings. The second-order valence-corrected chi connectivity index (χ2v) is 4.20. The Bertz CT molecular complexity index is 570. The third-order valence-electron chi connectivity index (χ3n) is 2.94. The van der Waals surface area contributed by atoms with E-state index in [1.807, 2.05) is 0 Å². The monoisotopic (exact) mass is 264 g/mol. The van der Waals surface area contributed by atoms with Gasteiger partial charge in [-0.3, -0.25) is 0 Å². The molecule has 0 radical (unpaired) electrons. The molecule has 0 bridgehead atoms. The van der Waals surface area contributed by atoms with E-state index in [1.54, 1.807) is 24.3 Å². The third kappa shape index (κ3) is 3.09. The molecule has 0 saturated heterocycles. The first-order valence-corrected chi connectivity index (χ1v) is 5.86. The molecule has 2 nitrogen and oxygen atoms in total. The fourth-order valence-electron chi connectivity index (χ4n) is 1.89. The van der Waals surface area contributed by atoms with Crippen molar-refractivity contribution in [2.45, 2.75) is 12.5 Å². The first kappa shape index (κ1) is 13.5. The van der Waals surface area contributed by atoms with Crippen molar-refractivity contribution in [3.63, 3.8) is 0 Å². The molecule has 0 spiro atoms. The fraction of sp³-hybridized carbons (Fsp3) is 0.200. The van der Waals surface area contributed by atoms with Crippen LogP contribution in [0.1, 0.15) is 17.2 Å². The SMILES string of the molecule is COc1ccc(C(O)Cc2ccccc2F)c(F)c1. The van der Waals surface area contributed by atoms with Gasteiger partial charge >= 0.3 is 0 Å². The molecular formula is C15H14F2O2. The van der Waals surface area contributed by atoms with Gasteiger partial charge < -0.3 is 9.84 Å². The molecule has 19 heavy (non-hydrogen) atoms. The molecule has 0 saturated carbocycles. The van der Waals surface area contributed by atoms with Crippen LogP contribution in [-0.4, -0.2) is 12.2 Å². The van der Waals surface area contributed by atoms with E-state index in [0.717, 1.165) is 0 Å². The molecular weight excluding hydrogens is 250 g/mol. The van der Waals surface area contributed by atoms with E-state index >= 15 is 0 Å². The summed E-state index contributed by atoms with van der Waals surface area (Å²) in [6.45, 7) is 0. The first-order valence-electron chi connectivity index (χ1n) is 5.86. The van der Waals surface area contributed by atoms with Crippen molar-refractivity contribution in [2.24, 2.45) is 0 Å². The molecule has 0 heterocycles. The van der Waals surface area contributed by atoms with E-state index in [2.05, 4.69) is 0 Å². The van der Waals surface area contributed by atoms with E-state index in [1.165, 1.54) is 25.3 Å². The molecule has 4 heteroatoms. The van der Waals surface area contributed by atoms with Crippen molar-refractivity contribution in [2.75, 3.05) is 7.11 Å². The van der Waals surface area contributed by atoms with Gasteiger partial charge in [0.05, 0.1) is 13.2 Å². The zero-order chi connectivity index (χ0) is 13.8. The Morgan fingerprint density at radius 1 is 1.11 bits per heavy atom. The minimum Gasteiger partial charge on any atom is -0.497 e. The highest BCUT2D eigenvalue weighted by molar-refractivity contribution is 5.31. The van der Waals surface area contributed by atoms with Crippen LogP contribution in [0.25, 0.3) is 0 Å². The van der Waals surface area contributed by atoms with Gasteiger partial charge in [-0.15, -0.1) is 0 Å². The number of rotatable bonds is 4. The van der Waals surface area contributed by atoms with Crippen molar-refractivity contribution in [3.8, 4) is 5.75 Å². The highest BCUT2D eigenvalue weighted by atomic mass is 19.1. The molecule has 0 amide bonds. The van der Waals surface area contributed by atoms with Crippen LogP contribution in [0.3, 0.4) is 0 Å². The van der Waals surface area contributed by atoms with Gasteiger partial charge in [0.25, 0.3) is 0 Å². The molecule has 0 aliphatic heterocycles. The lowest BCUT2D eigenvalue weighted by atomic mass is 10.0. The van der Waals surface area contributed by atoms with Crippen LogP contribution in [-0.2, 0) is 6.42 Å². The molecule has 1 unspecified atom stereocenters. The number of hydrogen-bond acceptors (Lipinski definition) is 2. The van der Waals surface area contributed by atoms with Crippen LogP contribution in [0.5, 0.6) is 5.75 Å². The average Bonchev–Trinajstić information content (AvgIpc) is 2.41. The molecule has 100 valence electrons. The number of aliphatic hydroxyl groups is 1. The summed E-state index contributed by atoms with van der Waals surface area (Å²) in [6, 6.07) is 10.3. The topological polar surface area (TPSA) is 29.5 Å². The number of benzene rings is 2. The molecule has 0 aromatic heterocycles. The Kier molecular flexibility index (Phi) is 4.12. The predicted octanol–water partition coefficient (Wildman–Crippen LogP) is 3.25. The standard InChI is InChI=1S/C15H14F2O2/c1-19-11-6-7-12(14(17)9-11)15(18)8-10-4-2-3-5-13(10)16/h2-7,9,15,18H,8H2,1H3. The predicted molar refractivity (Wildman–Crippen MR) is 68.0 cm³/mol. The maximum atomic E-state index is 13.8. The molecule has 1 atom stereocenters. The van der Waals surface area contributed by atoms with Crippen LogP contribution < -0.4 is 4.74 Å². The van der Waals surface area contributed by atoms with Crippen LogP contribution in [0.15, 0.2) is 42.5 Å². The highest BCUT2D eigenvalue weighted by Gasteiger charge is 2.15. The van der Waals surface area contributed by atoms with E-state index < -0.39 is 17.7 Å². The molecule has 2 aromatic carbocycles. The molecule has 1 N–H and O–H groups in total. The van der Waals surface area contributed by atoms with E-state index in [-0.39, 0.29) is 12.0 Å². The lowest BCUT2D eigenvalue weighted by Crippen LogP contribution is -2.06. The number of ether oxygens (including phenoxy) is 1. The van der Waals surface area contributed by atoms with E-state index in [4.69, 9.17) is 4.74 Å². The summed E-state index contributed by atoms with van der Waals surface area (Å²) >= 11 is 0. The van der Waals surface area contributed by atoms with Gasteiger partial charge in [-0.05, 0) is 23.8 Å². The number of halogens is 2. The lowest BCUT2D eigenvalue weighted by Gasteiger charge is -2.13. The third-order valence-corrected chi connectivity index (χ3v) is 2.94. The van der Waals surface area contributed by atoms with Gasteiger partial charge in [-0.1, -0.05) is 18.2 Å². The van der Waals surface area contributed by atoms with Gasteiger partial charge in [-0.25, -0.2) is 8.78 Å². The summed E-state index contributed by atoms with van der Waals surface area (Å²) in [4.78, 5) is 0. The van der Waals surface area contributed by atoms with Crippen molar-refractivity contribution in [1.29, 1.82) is 0 Å². The van der Waals surface area contributed by atoms with Gasteiger partial charge in [0.1, 0.15) is 17.4 Å². The van der Waals surface area contributed by atoms with Gasteiger partial charge in [0, 0.05) is 18.1 Å². The summed E-state index contributed by atoms with van der Waals surface area (Å²) in [6.07, 6.45) is -1.07. The van der Waals surface area contributed by atoms with E-state index in [9.17, 15) is 13.9 Å². The Hall–Kier alpha value is -1.94. The summed E-state index contributed by atoms with van der Waals surface area (Å²) < 4.78 is 32.1. The summed E-state index contributed by atoms with van der Waals surface area (Å²) in [5, 5.41) is 10.00. The largest absolute Gasteiger partial charge is 0.497 e. The zero-order valence-corrected chi connectivity index (χ0v) is 10.4.